The number of anilines is 1. The molecule has 0 spiro atoms. The second-order valence-corrected chi connectivity index (χ2v) is 8.23. The van der Waals surface area contributed by atoms with Gasteiger partial charge in [0.2, 0.25) is 0 Å². The molecule has 4 rings (SSSR count). The van der Waals surface area contributed by atoms with E-state index in [1.807, 2.05) is 44.2 Å². The van der Waals surface area contributed by atoms with Crippen LogP contribution in [0.5, 0.6) is 0 Å². The molecule has 0 aliphatic rings. The highest BCUT2D eigenvalue weighted by Crippen LogP contribution is 2.31. The molecule has 6 heteroatoms. The lowest BCUT2D eigenvalue weighted by Crippen LogP contribution is -2.11. The van der Waals surface area contributed by atoms with Crippen molar-refractivity contribution in [1.82, 2.24) is 9.97 Å². The molecular formula is C20H17N3OS2. The zero-order valence-corrected chi connectivity index (χ0v) is 16.3. The van der Waals surface area contributed by atoms with Gasteiger partial charge in [-0.2, -0.15) is 0 Å². The van der Waals surface area contributed by atoms with Crippen LogP contribution in [-0.4, -0.2) is 15.9 Å². The van der Waals surface area contributed by atoms with E-state index in [2.05, 4.69) is 34.3 Å². The Morgan fingerprint density at radius 3 is 2.54 bits per heavy atom. The third kappa shape index (κ3) is 3.13. The molecule has 130 valence electrons. The molecule has 2 heterocycles. The maximum atomic E-state index is 12.7. The summed E-state index contributed by atoms with van der Waals surface area (Å²) in [5.74, 6) is -0.157. The van der Waals surface area contributed by atoms with Crippen LogP contribution in [0.25, 0.3) is 20.8 Å². The number of hydrogen-bond acceptors (Lipinski definition) is 5. The Hall–Kier alpha value is -2.57. The number of fused-ring (bicyclic) bond motifs is 1. The van der Waals surface area contributed by atoms with Crippen LogP contribution in [0.3, 0.4) is 0 Å². The second kappa shape index (κ2) is 6.63. The van der Waals surface area contributed by atoms with Crippen LogP contribution in [0.1, 0.15) is 26.5 Å². The smallest absolute Gasteiger partial charge is 0.269 e. The molecule has 0 atom stereocenters. The van der Waals surface area contributed by atoms with Gasteiger partial charge in [-0.25, -0.2) is 9.97 Å². The van der Waals surface area contributed by atoms with E-state index in [-0.39, 0.29) is 5.91 Å². The van der Waals surface area contributed by atoms with E-state index in [0.717, 1.165) is 32.0 Å². The second-order valence-electron chi connectivity index (χ2n) is 6.20. The van der Waals surface area contributed by atoms with Gasteiger partial charge in [-0.05, 0) is 38.0 Å². The van der Waals surface area contributed by atoms with Crippen molar-refractivity contribution >= 4 is 43.9 Å². The van der Waals surface area contributed by atoms with Crippen LogP contribution in [-0.2, 0) is 0 Å². The minimum Gasteiger partial charge on any atom is -0.297 e. The zero-order chi connectivity index (χ0) is 18.3. The summed E-state index contributed by atoms with van der Waals surface area (Å²) < 4.78 is 1.09. The number of aromatic nitrogens is 2. The molecule has 1 N–H and O–H groups in total. The first-order valence-electron chi connectivity index (χ1n) is 8.23. The average molecular weight is 380 g/mol. The first-order chi connectivity index (χ1) is 12.5. The molecule has 0 fully saturated rings. The summed E-state index contributed by atoms with van der Waals surface area (Å²) >= 11 is 2.90. The van der Waals surface area contributed by atoms with Crippen LogP contribution in [0, 0.1) is 20.8 Å². The molecule has 4 aromatic rings. The first-order valence-corrected chi connectivity index (χ1v) is 9.86. The predicted octanol–water partition coefficient (Wildman–Crippen LogP) is 5.60. The van der Waals surface area contributed by atoms with Gasteiger partial charge >= 0.3 is 0 Å². The molecule has 0 aliphatic carbocycles. The summed E-state index contributed by atoms with van der Waals surface area (Å²) in [6.07, 6.45) is 0. The molecule has 0 unspecified atom stereocenters. The van der Waals surface area contributed by atoms with Gasteiger partial charge in [0.15, 0.2) is 5.13 Å². The summed E-state index contributed by atoms with van der Waals surface area (Å²) in [5, 5.41) is 4.41. The Balaban J connectivity index is 1.63. The van der Waals surface area contributed by atoms with E-state index in [1.165, 1.54) is 28.2 Å². The van der Waals surface area contributed by atoms with Crippen molar-refractivity contribution < 1.29 is 4.79 Å². The average Bonchev–Trinajstić information content (AvgIpc) is 3.19. The largest absolute Gasteiger partial charge is 0.297 e. The fraction of sp³-hybridized carbons (Fsp3) is 0.150. The first kappa shape index (κ1) is 16.9. The van der Waals surface area contributed by atoms with E-state index >= 15 is 0 Å². The number of benzene rings is 2. The molecule has 0 radical (unpaired) electrons. The molecular weight excluding hydrogens is 362 g/mol. The van der Waals surface area contributed by atoms with Crippen molar-refractivity contribution in [2.45, 2.75) is 20.8 Å². The maximum absolute atomic E-state index is 12.7. The van der Waals surface area contributed by atoms with E-state index in [4.69, 9.17) is 0 Å². The number of carbonyl (C=O) groups excluding carboxylic acids is 1. The summed E-state index contributed by atoms with van der Waals surface area (Å²) in [6.45, 7) is 5.97. The van der Waals surface area contributed by atoms with E-state index < -0.39 is 0 Å². The summed E-state index contributed by atoms with van der Waals surface area (Å²) in [4.78, 5) is 22.5. The Bertz CT molecular complexity index is 1110. The van der Waals surface area contributed by atoms with E-state index in [1.54, 1.807) is 0 Å². The number of rotatable bonds is 3. The predicted molar refractivity (Wildman–Crippen MR) is 109 cm³/mol. The van der Waals surface area contributed by atoms with Crippen LogP contribution < -0.4 is 5.32 Å². The minimum atomic E-state index is -0.157. The Morgan fingerprint density at radius 2 is 1.77 bits per heavy atom. The number of aryl methyl sites for hydroxylation is 3. The molecule has 0 saturated carbocycles. The van der Waals surface area contributed by atoms with Crippen LogP contribution >= 0.6 is 22.7 Å². The Kier molecular flexibility index (Phi) is 4.30. The Morgan fingerprint density at radius 1 is 1.00 bits per heavy atom. The van der Waals surface area contributed by atoms with E-state index in [0.29, 0.717) is 10.0 Å². The standard InChI is InChI=1S/C20H17N3OS2/c1-11-9-12(2)16-15(10-11)25-20(22-16)23-18(24)17-13(3)21-19(26-17)14-7-5-4-6-8-14/h4-10H,1-3H3,(H,22,23,24). The van der Waals surface area contributed by atoms with Gasteiger partial charge < -0.3 is 0 Å². The number of carbonyl (C=O) groups is 1. The quantitative estimate of drug-likeness (QED) is 0.504. The number of thiazole rings is 2. The highest BCUT2D eigenvalue weighted by atomic mass is 32.1. The van der Waals surface area contributed by atoms with Crippen molar-refractivity contribution in [1.29, 1.82) is 0 Å². The fourth-order valence-corrected chi connectivity index (χ4v) is 4.89. The molecule has 4 nitrogen and oxygen atoms in total. The highest BCUT2D eigenvalue weighted by Gasteiger charge is 2.18. The zero-order valence-electron chi connectivity index (χ0n) is 14.7. The van der Waals surface area contributed by atoms with Crippen molar-refractivity contribution in [3.8, 4) is 10.6 Å². The van der Waals surface area contributed by atoms with Gasteiger partial charge in [0.25, 0.3) is 5.91 Å². The minimum absolute atomic E-state index is 0.157. The molecule has 0 saturated heterocycles. The molecule has 2 aromatic heterocycles. The van der Waals surface area contributed by atoms with Crippen molar-refractivity contribution in [2.24, 2.45) is 0 Å². The van der Waals surface area contributed by atoms with Crippen LogP contribution in [0.4, 0.5) is 5.13 Å². The lowest BCUT2D eigenvalue weighted by molar-refractivity contribution is 0.103. The van der Waals surface area contributed by atoms with Gasteiger partial charge in [-0.3, -0.25) is 10.1 Å². The van der Waals surface area contributed by atoms with Gasteiger partial charge in [0, 0.05) is 5.56 Å². The SMILES string of the molecule is Cc1cc(C)c2nc(NC(=O)c3sc(-c4ccccc4)nc3C)sc2c1. The van der Waals surface area contributed by atoms with Gasteiger partial charge in [0.1, 0.15) is 9.88 Å². The van der Waals surface area contributed by atoms with Gasteiger partial charge in [-0.1, -0.05) is 47.7 Å². The van der Waals surface area contributed by atoms with Crippen LogP contribution in [0.15, 0.2) is 42.5 Å². The number of amides is 1. The van der Waals surface area contributed by atoms with Crippen LogP contribution in [0.2, 0.25) is 0 Å². The van der Waals surface area contributed by atoms with Crippen molar-refractivity contribution in [3.63, 3.8) is 0 Å². The molecule has 1 amide bonds. The topological polar surface area (TPSA) is 54.9 Å². The fourth-order valence-electron chi connectivity index (χ4n) is 2.89. The van der Waals surface area contributed by atoms with Crippen molar-refractivity contribution in [3.05, 3.63) is 64.2 Å². The summed E-state index contributed by atoms with van der Waals surface area (Å²) in [7, 11) is 0. The normalized spacial score (nSPS) is 11.0. The number of nitrogens with one attached hydrogen (secondary N) is 1. The van der Waals surface area contributed by atoms with E-state index in [9.17, 15) is 4.79 Å². The molecule has 0 bridgehead atoms. The summed E-state index contributed by atoms with van der Waals surface area (Å²) in [6, 6.07) is 14.1. The number of hydrogen-bond donors (Lipinski definition) is 1. The third-order valence-electron chi connectivity index (χ3n) is 4.07. The molecule has 0 aliphatic heterocycles. The van der Waals surface area contributed by atoms with Gasteiger partial charge in [-0.15, -0.1) is 11.3 Å². The molecule has 2 aromatic carbocycles. The monoisotopic (exact) mass is 379 g/mol. The Labute approximate surface area is 159 Å². The maximum Gasteiger partial charge on any atom is 0.269 e. The number of nitrogens with zero attached hydrogens (tertiary/aromatic N) is 2. The van der Waals surface area contributed by atoms with Crippen molar-refractivity contribution in [2.75, 3.05) is 5.32 Å². The van der Waals surface area contributed by atoms with Gasteiger partial charge in [0.05, 0.1) is 15.9 Å². The lowest BCUT2D eigenvalue weighted by Gasteiger charge is -1.98. The summed E-state index contributed by atoms with van der Waals surface area (Å²) in [5.41, 5.74) is 5.02. The molecule has 26 heavy (non-hydrogen) atoms. The highest BCUT2D eigenvalue weighted by molar-refractivity contribution is 7.22. The lowest BCUT2D eigenvalue weighted by atomic mass is 10.1. The third-order valence-corrected chi connectivity index (χ3v) is 6.20.